The molecule has 0 radical (unpaired) electrons. The van der Waals surface area contributed by atoms with Gasteiger partial charge in [-0.05, 0) is 36.2 Å². The van der Waals surface area contributed by atoms with Gasteiger partial charge in [-0.1, -0.05) is 36.4 Å². The van der Waals surface area contributed by atoms with Crippen LogP contribution in [-0.2, 0) is 22.5 Å². The summed E-state index contributed by atoms with van der Waals surface area (Å²) < 4.78 is 51.6. The van der Waals surface area contributed by atoms with Gasteiger partial charge in [-0.2, -0.15) is 0 Å². The first-order chi connectivity index (χ1) is 15.7. The third-order valence-corrected chi connectivity index (χ3v) is 6.12. The van der Waals surface area contributed by atoms with Crippen LogP contribution < -0.4 is 4.74 Å². The Bertz CT molecular complexity index is 1170. The van der Waals surface area contributed by atoms with Gasteiger partial charge in [0.2, 0.25) is 6.81 Å². The standard InChI is InChI=1S/C23H19F2NO4S/c24-14-29-23(28)21(17-8-4-5-9-18(17)25)26-11-10-19-16(13-26)12-20(31-19)30-22(27)15-6-2-1-3-7-15/h1-9,12,21H,10-11,13-14H2/t21-/m0/s1/i14D2. The van der Waals surface area contributed by atoms with Crippen LogP contribution in [-0.4, -0.2) is 30.2 Å². The molecule has 0 unspecified atom stereocenters. The molecule has 0 N–H and O–H groups in total. The summed E-state index contributed by atoms with van der Waals surface area (Å²) in [6.45, 7) is -3.20. The van der Waals surface area contributed by atoms with Crippen molar-refractivity contribution in [1.82, 2.24) is 4.90 Å². The van der Waals surface area contributed by atoms with Gasteiger partial charge in [0, 0.05) is 23.5 Å². The van der Waals surface area contributed by atoms with Crippen LogP contribution in [0.15, 0.2) is 60.7 Å². The highest BCUT2D eigenvalue weighted by atomic mass is 32.1. The van der Waals surface area contributed by atoms with E-state index in [9.17, 15) is 18.4 Å². The minimum Gasteiger partial charge on any atom is -0.432 e. The predicted molar refractivity (Wildman–Crippen MR) is 111 cm³/mol. The van der Waals surface area contributed by atoms with Crippen molar-refractivity contribution in [2.24, 2.45) is 0 Å². The second-order valence-corrected chi connectivity index (χ2v) is 8.01. The Morgan fingerprint density at radius 3 is 2.65 bits per heavy atom. The molecule has 31 heavy (non-hydrogen) atoms. The highest BCUT2D eigenvalue weighted by molar-refractivity contribution is 7.14. The van der Waals surface area contributed by atoms with E-state index in [1.54, 1.807) is 41.3 Å². The lowest BCUT2D eigenvalue weighted by atomic mass is 10.0. The highest BCUT2D eigenvalue weighted by Crippen LogP contribution is 2.37. The van der Waals surface area contributed by atoms with E-state index in [1.807, 2.05) is 0 Å². The summed E-state index contributed by atoms with van der Waals surface area (Å²) in [5.41, 5.74) is 1.15. The number of hydrogen-bond acceptors (Lipinski definition) is 6. The lowest BCUT2D eigenvalue weighted by Crippen LogP contribution is -2.38. The van der Waals surface area contributed by atoms with Crippen LogP contribution in [0.2, 0.25) is 0 Å². The van der Waals surface area contributed by atoms with Gasteiger partial charge in [0.25, 0.3) is 0 Å². The number of thiophene rings is 1. The number of rotatable bonds is 6. The monoisotopic (exact) mass is 445 g/mol. The molecule has 1 atom stereocenters. The summed E-state index contributed by atoms with van der Waals surface area (Å²) in [7, 11) is 0. The molecular formula is C23H19F2NO4S. The molecule has 0 amide bonds. The lowest BCUT2D eigenvalue weighted by Gasteiger charge is -2.33. The molecule has 160 valence electrons. The maximum Gasteiger partial charge on any atom is 0.344 e. The van der Waals surface area contributed by atoms with E-state index < -0.39 is 30.6 Å². The Hall–Kier alpha value is -3.10. The number of ether oxygens (including phenoxy) is 2. The first-order valence-corrected chi connectivity index (χ1v) is 10.3. The molecule has 3 aromatic rings. The quantitative estimate of drug-likeness (QED) is 0.516. The molecule has 2 heterocycles. The van der Waals surface area contributed by atoms with Crippen LogP contribution in [0, 0.1) is 5.82 Å². The molecule has 5 nitrogen and oxygen atoms in total. The number of esters is 2. The second-order valence-electron chi connectivity index (χ2n) is 6.91. The van der Waals surface area contributed by atoms with E-state index in [-0.39, 0.29) is 12.1 Å². The number of alkyl halides is 1. The average Bonchev–Trinajstić information content (AvgIpc) is 3.16. The number of carbonyl (C=O) groups is 2. The number of hydrogen-bond donors (Lipinski definition) is 0. The summed E-state index contributed by atoms with van der Waals surface area (Å²) in [5, 5.41) is 0.390. The fourth-order valence-corrected chi connectivity index (χ4v) is 4.60. The smallest absolute Gasteiger partial charge is 0.344 e. The van der Waals surface area contributed by atoms with Gasteiger partial charge in [-0.15, -0.1) is 11.3 Å². The maximum atomic E-state index is 14.5. The van der Waals surface area contributed by atoms with E-state index in [4.69, 9.17) is 7.48 Å². The molecule has 1 aliphatic rings. The average molecular weight is 445 g/mol. The topological polar surface area (TPSA) is 55.8 Å². The molecule has 0 aliphatic carbocycles. The fourth-order valence-electron chi connectivity index (χ4n) is 3.59. The van der Waals surface area contributed by atoms with Gasteiger partial charge in [0.05, 0.1) is 5.56 Å². The van der Waals surface area contributed by atoms with Crippen molar-refractivity contribution in [3.63, 3.8) is 0 Å². The third kappa shape index (κ3) is 4.65. The molecule has 8 heteroatoms. The summed E-state index contributed by atoms with van der Waals surface area (Å²) in [4.78, 5) is 27.5. The molecule has 0 saturated heterocycles. The largest absolute Gasteiger partial charge is 0.432 e. The molecule has 0 saturated carbocycles. The lowest BCUT2D eigenvalue weighted by molar-refractivity contribution is -0.155. The van der Waals surface area contributed by atoms with Crippen LogP contribution in [0.4, 0.5) is 8.78 Å². The molecule has 0 bridgehead atoms. The molecule has 0 spiro atoms. The number of carbonyl (C=O) groups excluding carboxylic acids is 2. The Morgan fingerprint density at radius 1 is 1.16 bits per heavy atom. The SMILES string of the molecule is [2H]C([2H])(F)OC(=O)[C@H](c1ccccc1F)N1CCc2sc(OC(=O)c3ccccc3)cc2C1. The number of nitrogens with zero attached hydrogens (tertiary/aromatic N) is 1. The van der Waals surface area contributed by atoms with Crippen molar-refractivity contribution in [2.75, 3.05) is 13.4 Å². The first kappa shape index (κ1) is 18.7. The van der Waals surface area contributed by atoms with E-state index >= 15 is 0 Å². The zero-order valence-electron chi connectivity index (χ0n) is 18.2. The van der Waals surface area contributed by atoms with Crippen molar-refractivity contribution in [1.29, 1.82) is 0 Å². The van der Waals surface area contributed by atoms with Gasteiger partial charge in [0.1, 0.15) is 14.6 Å². The van der Waals surface area contributed by atoms with Crippen molar-refractivity contribution in [2.45, 2.75) is 19.0 Å². The van der Waals surface area contributed by atoms with Gasteiger partial charge in [-0.25, -0.2) is 18.4 Å². The number of fused-ring (bicyclic) bond motifs is 1. The number of benzene rings is 2. The zero-order chi connectivity index (χ0) is 23.6. The molecule has 4 rings (SSSR count). The van der Waals surface area contributed by atoms with Crippen molar-refractivity contribution >= 4 is 23.3 Å². The van der Waals surface area contributed by atoms with Crippen molar-refractivity contribution < 1.29 is 30.6 Å². The van der Waals surface area contributed by atoms with E-state index in [0.29, 0.717) is 23.6 Å². The van der Waals surface area contributed by atoms with Gasteiger partial charge in [-0.3, -0.25) is 4.90 Å². The van der Waals surface area contributed by atoms with Gasteiger partial charge in [0.15, 0.2) is 5.06 Å². The Balaban J connectivity index is 1.56. The number of halogens is 2. The predicted octanol–water partition coefficient (Wildman–Crippen LogP) is 4.68. The van der Waals surface area contributed by atoms with Crippen LogP contribution in [0.3, 0.4) is 0 Å². The normalized spacial score (nSPS) is 15.9. The zero-order valence-corrected chi connectivity index (χ0v) is 17.0. The Labute approximate surface area is 184 Å². The van der Waals surface area contributed by atoms with Gasteiger partial charge >= 0.3 is 11.9 Å². The summed E-state index contributed by atoms with van der Waals surface area (Å²) in [5.74, 6) is -2.42. The van der Waals surface area contributed by atoms with E-state index in [2.05, 4.69) is 4.74 Å². The summed E-state index contributed by atoms with van der Waals surface area (Å²) in [6, 6.07) is 14.4. The fraction of sp³-hybridized carbons (Fsp3) is 0.217. The third-order valence-electron chi connectivity index (χ3n) is 5.00. The molecule has 0 fully saturated rings. The van der Waals surface area contributed by atoms with Crippen LogP contribution in [0.5, 0.6) is 5.06 Å². The summed E-state index contributed by atoms with van der Waals surface area (Å²) in [6.07, 6.45) is 0.476. The molecule has 2 aromatic carbocycles. The Morgan fingerprint density at radius 2 is 1.90 bits per heavy atom. The van der Waals surface area contributed by atoms with Crippen molar-refractivity contribution in [3.8, 4) is 5.06 Å². The van der Waals surface area contributed by atoms with Crippen LogP contribution in [0.25, 0.3) is 0 Å². The van der Waals surface area contributed by atoms with Gasteiger partial charge < -0.3 is 9.47 Å². The highest BCUT2D eigenvalue weighted by Gasteiger charge is 2.34. The van der Waals surface area contributed by atoms with E-state index in [0.717, 1.165) is 10.4 Å². The minimum absolute atomic E-state index is 0.0406. The van der Waals surface area contributed by atoms with E-state index in [1.165, 1.54) is 35.6 Å². The van der Waals surface area contributed by atoms with Crippen LogP contribution in [0.1, 0.15) is 35.1 Å². The minimum atomic E-state index is -3.69. The Kier molecular flexibility index (Phi) is 5.63. The van der Waals surface area contributed by atoms with Crippen molar-refractivity contribution in [3.05, 3.63) is 88.0 Å². The second kappa shape index (κ2) is 9.36. The molecular weight excluding hydrogens is 424 g/mol. The maximum absolute atomic E-state index is 14.5. The molecule has 1 aromatic heterocycles. The van der Waals surface area contributed by atoms with Crippen LogP contribution >= 0.6 is 11.3 Å². The first-order valence-electron chi connectivity index (χ1n) is 10.5. The summed E-state index contributed by atoms with van der Waals surface area (Å²) >= 11 is 1.31. The molecule has 1 aliphatic heterocycles.